The standard InChI is InChI=1S/C16H11Cl2F3N2O3/c17-11-3-1-9(2-4-11)15(24)26-12-7-23(25-8-12)14-13(18)5-10(6-22-14)16(19,20)21/h1-6,12H,7-8H2/t12-/m0/s1. The minimum absolute atomic E-state index is 0.0182. The van der Waals surface area contributed by atoms with Gasteiger partial charge in [0.05, 0.1) is 22.7 Å². The Balaban J connectivity index is 1.65. The largest absolute Gasteiger partial charge is 0.454 e. The van der Waals surface area contributed by atoms with Gasteiger partial charge in [0.2, 0.25) is 0 Å². The van der Waals surface area contributed by atoms with Crippen LogP contribution in [-0.4, -0.2) is 30.2 Å². The minimum atomic E-state index is -4.54. The molecular formula is C16H11Cl2F3N2O3. The number of nitrogens with zero attached hydrogens (tertiary/aromatic N) is 2. The number of hydroxylamine groups is 1. The number of pyridine rings is 1. The normalized spacial score (nSPS) is 17.4. The summed E-state index contributed by atoms with van der Waals surface area (Å²) in [5.41, 5.74) is -0.644. The van der Waals surface area contributed by atoms with E-state index >= 15 is 0 Å². The third-order valence-electron chi connectivity index (χ3n) is 3.52. The third kappa shape index (κ3) is 4.20. The van der Waals surface area contributed by atoms with Crippen molar-refractivity contribution in [2.24, 2.45) is 0 Å². The predicted molar refractivity (Wildman–Crippen MR) is 88.2 cm³/mol. The Hall–Kier alpha value is -2.03. The highest BCUT2D eigenvalue weighted by Crippen LogP contribution is 2.34. The molecule has 1 fully saturated rings. The van der Waals surface area contributed by atoms with Crippen molar-refractivity contribution >= 4 is 35.0 Å². The van der Waals surface area contributed by atoms with Gasteiger partial charge in [0, 0.05) is 11.2 Å². The Bertz CT molecular complexity index is 815. The molecule has 3 rings (SSSR count). The maximum atomic E-state index is 12.7. The summed E-state index contributed by atoms with van der Waals surface area (Å²) < 4.78 is 43.3. The lowest BCUT2D eigenvalue weighted by atomic mass is 10.2. The highest BCUT2D eigenvalue weighted by Gasteiger charge is 2.34. The van der Waals surface area contributed by atoms with E-state index < -0.39 is 23.8 Å². The fourth-order valence-corrected chi connectivity index (χ4v) is 2.64. The predicted octanol–water partition coefficient (Wildman–Crippen LogP) is 4.38. The molecule has 1 aromatic carbocycles. The second-order valence-electron chi connectivity index (χ2n) is 5.42. The molecular weight excluding hydrogens is 396 g/mol. The maximum Gasteiger partial charge on any atom is 0.417 e. The molecule has 1 aliphatic rings. The molecule has 1 atom stereocenters. The molecule has 0 aliphatic carbocycles. The zero-order valence-corrected chi connectivity index (χ0v) is 14.5. The van der Waals surface area contributed by atoms with E-state index in [-0.39, 0.29) is 24.0 Å². The first-order valence-corrected chi connectivity index (χ1v) is 8.09. The van der Waals surface area contributed by atoms with E-state index in [1.807, 2.05) is 0 Å². The fourth-order valence-electron chi connectivity index (χ4n) is 2.26. The number of aromatic nitrogens is 1. The number of rotatable bonds is 3. The number of halogens is 5. The lowest BCUT2D eigenvalue weighted by molar-refractivity contribution is -0.137. The summed E-state index contributed by atoms with van der Waals surface area (Å²) in [6, 6.07) is 6.92. The Kier molecular flexibility index (Phi) is 5.27. The number of benzene rings is 1. The number of carbonyl (C=O) groups excluding carboxylic acids is 1. The van der Waals surface area contributed by atoms with Crippen LogP contribution >= 0.6 is 23.2 Å². The van der Waals surface area contributed by atoms with Crippen LogP contribution in [0.1, 0.15) is 15.9 Å². The maximum absolute atomic E-state index is 12.7. The van der Waals surface area contributed by atoms with E-state index in [4.69, 9.17) is 32.8 Å². The Morgan fingerprint density at radius 3 is 2.58 bits per heavy atom. The Labute approximate surface area is 156 Å². The first-order valence-electron chi connectivity index (χ1n) is 7.34. The summed E-state index contributed by atoms with van der Waals surface area (Å²) in [7, 11) is 0. The van der Waals surface area contributed by atoms with Crippen LogP contribution in [0.25, 0.3) is 0 Å². The molecule has 0 bridgehead atoms. The number of anilines is 1. The van der Waals surface area contributed by atoms with Crippen molar-refractivity contribution in [2.45, 2.75) is 12.3 Å². The molecule has 26 heavy (non-hydrogen) atoms. The van der Waals surface area contributed by atoms with Crippen molar-refractivity contribution < 1.29 is 27.5 Å². The molecule has 5 nitrogen and oxygen atoms in total. The molecule has 1 aliphatic heterocycles. The average molecular weight is 407 g/mol. The smallest absolute Gasteiger partial charge is 0.417 e. The molecule has 1 saturated heterocycles. The molecule has 0 amide bonds. The summed E-state index contributed by atoms with van der Waals surface area (Å²) in [6.45, 7) is 0.107. The number of ether oxygens (including phenoxy) is 1. The molecule has 0 saturated carbocycles. The van der Waals surface area contributed by atoms with Gasteiger partial charge in [-0.25, -0.2) is 14.8 Å². The summed E-state index contributed by atoms with van der Waals surface area (Å²) in [6.07, 6.45) is -4.51. The number of hydrogen-bond donors (Lipinski definition) is 0. The highest BCUT2D eigenvalue weighted by atomic mass is 35.5. The second-order valence-corrected chi connectivity index (χ2v) is 6.26. The van der Waals surface area contributed by atoms with Gasteiger partial charge in [-0.05, 0) is 30.3 Å². The van der Waals surface area contributed by atoms with E-state index in [0.29, 0.717) is 16.8 Å². The third-order valence-corrected chi connectivity index (χ3v) is 4.05. The van der Waals surface area contributed by atoms with Crippen LogP contribution in [0.15, 0.2) is 36.5 Å². The van der Waals surface area contributed by atoms with Crippen molar-refractivity contribution in [1.29, 1.82) is 0 Å². The van der Waals surface area contributed by atoms with Crippen molar-refractivity contribution in [2.75, 3.05) is 18.2 Å². The monoisotopic (exact) mass is 406 g/mol. The van der Waals surface area contributed by atoms with Gasteiger partial charge >= 0.3 is 12.1 Å². The fraction of sp³-hybridized carbons (Fsp3) is 0.250. The van der Waals surface area contributed by atoms with Crippen LogP contribution in [0.3, 0.4) is 0 Å². The molecule has 10 heteroatoms. The average Bonchev–Trinajstić information content (AvgIpc) is 3.02. The number of hydrogen-bond acceptors (Lipinski definition) is 5. The summed E-state index contributed by atoms with van der Waals surface area (Å²) >= 11 is 11.6. The lowest BCUT2D eigenvalue weighted by Gasteiger charge is -2.17. The van der Waals surface area contributed by atoms with Crippen LogP contribution in [-0.2, 0) is 15.8 Å². The van der Waals surface area contributed by atoms with E-state index in [2.05, 4.69) is 4.98 Å². The van der Waals surface area contributed by atoms with Gasteiger partial charge in [-0.15, -0.1) is 0 Å². The number of carbonyl (C=O) groups is 1. The van der Waals surface area contributed by atoms with Gasteiger partial charge in [0.15, 0.2) is 5.82 Å². The Morgan fingerprint density at radius 1 is 1.27 bits per heavy atom. The zero-order valence-electron chi connectivity index (χ0n) is 13.0. The zero-order chi connectivity index (χ0) is 18.9. The van der Waals surface area contributed by atoms with Crippen LogP contribution < -0.4 is 5.06 Å². The van der Waals surface area contributed by atoms with Gasteiger partial charge in [-0.3, -0.25) is 4.84 Å². The number of esters is 1. The van der Waals surface area contributed by atoms with Crippen LogP contribution in [0.4, 0.5) is 19.0 Å². The van der Waals surface area contributed by atoms with Crippen molar-refractivity contribution in [3.63, 3.8) is 0 Å². The van der Waals surface area contributed by atoms with Crippen molar-refractivity contribution in [3.8, 4) is 0 Å². The molecule has 2 aromatic rings. The van der Waals surface area contributed by atoms with Gasteiger partial charge in [-0.1, -0.05) is 23.2 Å². The van der Waals surface area contributed by atoms with E-state index in [0.717, 1.165) is 6.07 Å². The summed E-state index contributed by atoms with van der Waals surface area (Å²) in [5.74, 6) is -0.548. The van der Waals surface area contributed by atoms with Gasteiger partial charge in [0.1, 0.15) is 12.7 Å². The number of alkyl halides is 3. The first kappa shape index (κ1) is 18.8. The van der Waals surface area contributed by atoms with Gasteiger partial charge in [-0.2, -0.15) is 13.2 Å². The van der Waals surface area contributed by atoms with Crippen LogP contribution in [0.5, 0.6) is 0 Å². The molecule has 2 heterocycles. The highest BCUT2D eigenvalue weighted by molar-refractivity contribution is 6.33. The van der Waals surface area contributed by atoms with Gasteiger partial charge < -0.3 is 4.74 Å². The van der Waals surface area contributed by atoms with E-state index in [1.165, 1.54) is 17.2 Å². The molecule has 0 spiro atoms. The molecule has 0 radical (unpaired) electrons. The van der Waals surface area contributed by atoms with Crippen LogP contribution in [0.2, 0.25) is 10.0 Å². The van der Waals surface area contributed by atoms with Crippen molar-refractivity contribution in [1.82, 2.24) is 4.98 Å². The van der Waals surface area contributed by atoms with Gasteiger partial charge in [0.25, 0.3) is 0 Å². The topological polar surface area (TPSA) is 51.7 Å². The van der Waals surface area contributed by atoms with E-state index in [1.54, 1.807) is 12.1 Å². The SMILES string of the molecule is O=C(O[C@@H]1CON(c2ncc(C(F)(F)F)cc2Cl)C1)c1ccc(Cl)cc1. The molecule has 1 aromatic heterocycles. The second kappa shape index (κ2) is 7.30. The summed E-state index contributed by atoms with van der Waals surface area (Å²) in [4.78, 5) is 21.1. The molecule has 0 unspecified atom stereocenters. The first-order chi connectivity index (χ1) is 12.2. The van der Waals surface area contributed by atoms with Crippen molar-refractivity contribution in [3.05, 3.63) is 57.7 Å². The minimum Gasteiger partial charge on any atom is -0.454 e. The van der Waals surface area contributed by atoms with E-state index in [9.17, 15) is 18.0 Å². The summed E-state index contributed by atoms with van der Waals surface area (Å²) in [5, 5.41) is 1.46. The lowest BCUT2D eigenvalue weighted by Crippen LogP contribution is -2.26. The molecule has 0 N–H and O–H groups in total. The Morgan fingerprint density at radius 2 is 1.96 bits per heavy atom. The van der Waals surface area contributed by atoms with Crippen LogP contribution in [0, 0.1) is 0 Å². The quantitative estimate of drug-likeness (QED) is 0.707. The molecule has 138 valence electrons.